The summed E-state index contributed by atoms with van der Waals surface area (Å²) in [4.78, 5) is 0. The minimum atomic E-state index is 1.16. The average Bonchev–Trinajstić information content (AvgIpc) is 3.86. The summed E-state index contributed by atoms with van der Waals surface area (Å²) < 4.78 is 5.08. The van der Waals surface area contributed by atoms with Gasteiger partial charge in [0.1, 0.15) is 0 Å². The van der Waals surface area contributed by atoms with E-state index in [1.807, 2.05) is 11.3 Å². The molecule has 0 aliphatic carbocycles. The normalized spacial score (nSPS) is 12.2. The van der Waals surface area contributed by atoms with Gasteiger partial charge >= 0.3 is 0 Å². The molecule has 0 saturated carbocycles. The smallest absolute Gasteiger partial charge is 0.0547 e. The van der Waals surface area contributed by atoms with Gasteiger partial charge in [-0.1, -0.05) is 170 Å². The monoisotopic (exact) mass is 781 g/mol. The lowest BCUT2D eigenvalue weighted by Crippen LogP contribution is -1.96. The molecule has 0 aliphatic heterocycles. The lowest BCUT2D eigenvalue weighted by molar-refractivity contribution is 1.19. The molecule has 0 unspecified atom stereocenters. The Kier molecular flexibility index (Phi) is 9.11. The van der Waals surface area contributed by atoms with Crippen molar-refractivity contribution >= 4 is 76.6 Å². The van der Waals surface area contributed by atoms with Gasteiger partial charge in [0.15, 0.2) is 0 Å². The molecule has 0 radical (unpaired) electrons. The second-order valence-corrected chi connectivity index (χ2v) is 16.4. The molecule has 11 aromatic rings. The van der Waals surface area contributed by atoms with Gasteiger partial charge in [-0.2, -0.15) is 0 Å². The highest BCUT2D eigenvalue weighted by Gasteiger charge is 2.18. The lowest BCUT2D eigenvalue weighted by atomic mass is 9.87. The number of nitrogens with zero attached hydrogens (tertiary/aromatic N) is 1. The fourth-order valence-electron chi connectivity index (χ4n) is 8.72. The molecule has 0 amide bonds. The second-order valence-electron chi connectivity index (χ2n) is 15.3. The molecule has 0 aliphatic rings. The molecule has 1 nitrogen and oxygen atoms in total. The van der Waals surface area contributed by atoms with Crippen LogP contribution in [-0.4, -0.2) is 4.57 Å². The zero-order chi connectivity index (χ0) is 39.8. The van der Waals surface area contributed by atoms with Crippen LogP contribution in [-0.2, 0) is 0 Å². The fraction of sp³-hybridized carbons (Fsp3) is 0. The molecule has 2 heteroatoms. The number of aromatic nitrogens is 1. The van der Waals surface area contributed by atoms with Crippen LogP contribution in [0.5, 0.6) is 0 Å². The number of fused-ring (bicyclic) bond motifs is 6. The Labute approximate surface area is 354 Å². The highest BCUT2D eigenvalue weighted by Crippen LogP contribution is 2.41. The number of thiophene rings is 1. The summed E-state index contributed by atoms with van der Waals surface area (Å²) in [6.45, 7) is 0. The molecule has 60 heavy (non-hydrogen) atoms. The van der Waals surface area contributed by atoms with Crippen molar-refractivity contribution in [2.24, 2.45) is 0 Å². The summed E-state index contributed by atoms with van der Waals surface area (Å²) in [5.41, 5.74) is 15.2. The number of hydrogen-bond acceptors (Lipinski definition) is 1. The first kappa shape index (κ1) is 35.6. The Hall–Kier alpha value is -7.52. The molecule has 0 bridgehead atoms. The standard InChI is InChI=1S/C58H39NS/c1-5-17-40(18-6-1)33-52(42-21-9-3-10-22-42)46-35-45(36-47(37-46)53(43-23-11-4-12-24-43)34-41-19-7-2-8-20-41)44-29-31-50-49-25-13-15-27-55(49)59(56(50)38-44)48-30-32-58-54(39-48)51-26-14-16-28-57(51)60-58/h1-39H/b52-33-,53-34+. The zero-order valence-corrected chi connectivity index (χ0v) is 33.7. The van der Waals surface area contributed by atoms with E-state index in [1.165, 1.54) is 64.3 Å². The summed E-state index contributed by atoms with van der Waals surface area (Å²) in [6.07, 6.45) is 4.65. The van der Waals surface area contributed by atoms with Gasteiger partial charge in [-0.05, 0) is 122 Å². The van der Waals surface area contributed by atoms with Crippen LogP contribution in [0.3, 0.4) is 0 Å². The highest BCUT2D eigenvalue weighted by atomic mass is 32.1. The van der Waals surface area contributed by atoms with Gasteiger partial charge in [0.05, 0.1) is 11.0 Å². The van der Waals surface area contributed by atoms with Crippen molar-refractivity contribution in [1.29, 1.82) is 0 Å². The van der Waals surface area contributed by atoms with Gasteiger partial charge in [-0.3, -0.25) is 0 Å². The van der Waals surface area contributed by atoms with Gasteiger partial charge in [-0.15, -0.1) is 11.3 Å². The van der Waals surface area contributed by atoms with Crippen LogP contribution in [0, 0.1) is 0 Å². The summed E-state index contributed by atoms with van der Waals surface area (Å²) in [6, 6.07) is 81.6. The van der Waals surface area contributed by atoms with Crippen LogP contribution in [0.2, 0.25) is 0 Å². The molecule has 0 N–H and O–H groups in total. The van der Waals surface area contributed by atoms with E-state index in [1.54, 1.807) is 0 Å². The van der Waals surface area contributed by atoms with Crippen molar-refractivity contribution in [1.82, 2.24) is 4.57 Å². The molecule has 0 fully saturated rings. The van der Waals surface area contributed by atoms with E-state index in [2.05, 4.69) is 241 Å². The van der Waals surface area contributed by atoms with E-state index in [9.17, 15) is 0 Å². The first-order chi connectivity index (χ1) is 29.7. The Morgan fingerprint density at radius 3 is 1.48 bits per heavy atom. The SMILES string of the molecule is C(=C(\c1ccccc1)c1cc(/C(=C/c2ccccc2)c2ccccc2)cc(-c2ccc3c4ccccc4n(-c4ccc5sc6ccccc6c5c4)c3c2)c1)/c1ccccc1. The van der Waals surface area contributed by atoms with Crippen LogP contribution >= 0.6 is 11.3 Å². The number of benzene rings is 9. The minimum Gasteiger partial charge on any atom is -0.309 e. The molecule has 2 heterocycles. The van der Waals surface area contributed by atoms with Crippen molar-refractivity contribution in [3.05, 3.63) is 258 Å². The van der Waals surface area contributed by atoms with E-state index >= 15 is 0 Å². The van der Waals surface area contributed by atoms with Gasteiger partial charge in [0.25, 0.3) is 0 Å². The fourth-order valence-corrected chi connectivity index (χ4v) is 9.81. The molecule has 9 aromatic carbocycles. The van der Waals surface area contributed by atoms with Gasteiger partial charge in [-0.25, -0.2) is 0 Å². The van der Waals surface area contributed by atoms with E-state index in [4.69, 9.17) is 0 Å². The maximum atomic E-state index is 2.46. The van der Waals surface area contributed by atoms with Crippen molar-refractivity contribution < 1.29 is 0 Å². The molecule has 2 aromatic heterocycles. The van der Waals surface area contributed by atoms with Crippen molar-refractivity contribution in [3.63, 3.8) is 0 Å². The first-order valence-corrected chi connectivity index (χ1v) is 21.3. The van der Waals surface area contributed by atoms with Crippen LogP contribution in [0.4, 0.5) is 0 Å². The van der Waals surface area contributed by atoms with Crippen molar-refractivity contribution in [3.8, 4) is 16.8 Å². The predicted molar refractivity (Wildman–Crippen MR) is 259 cm³/mol. The number of hydrogen-bond donors (Lipinski definition) is 0. The maximum absolute atomic E-state index is 2.46. The molecule has 0 atom stereocenters. The van der Waals surface area contributed by atoms with E-state index in [0.717, 1.165) is 39.1 Å². The van der Waals surface area contributed by atoms with Crippen LogP contribution in [0.1, 0.15) is 33.4 Å². The topological polar surface area (TPSA) is 4.93 Å². The zero-order valence-electron chi connectivity index (χ0n) is 32.9. The number of para-hydroxylation sites is 1. The van der Waals surface area contributed by atoms with E-state index in [-0.39, 0.29) is 0 Å². The Bertz CT molecular complexity index is 3280. The maximum Gasteiger partial charge on any atom is 0.0547 e. The third kappa shape index (κ3) is 6.63. The van der Waals surface area contributed by atoms with Gasteiger partial charge in [0, 0.05) is 36.6 Å². The third-order valence-corrected chi connectivity index (χ3v) is 12.7. The molecular formula is C58H39NS. The largest absolute Gasteiger partial charge is 0.309 e. The quantitative estimate of drug-likeness (QED) is 0.135. The van der Waals surface area contributed by atoms with Crippen LogP contribution in [0.25, 0.3) is 82.1 Å². The summed E-state index contributed by atoms with van der Waals surface area (Å²) >= 11 is 1.86. The van der Waals surface area contributed by atoms with E-state index < -0.39 is 0 Å². The van der Waals surface area contributed by atoms with Crippen molar-refractivity contribution in [2.45, 2.75) is 0 Å². The minimum absolute atomic E-state index is 1.16. The van der Waals surface area contributed by atoms with Crippen LogP contribution < -0.4 is 0 Å². The molecule has 282 valence electrons. The summed E-state index contributed by atoms with van der Waals surface area (Å²) in [5, 5.41) is 5.09. The van der Waals surface area contributed by atoms with Crippen LogP contribution in [0.15, 0.2) is 224 Å². The lowest BCUT2D eigenvalue weighted by Gasteiger charge is -2.17. The molecule has 0 saturated heterocycles. The predicted octanol–water partition coefficient (Wildman–Crippen LogP) is 16.0. The first-order valence-electron chi connectivity index (χ1n) is 20.5. The Morgan fingerprint density at radius 2 is 0.850 bits per heavy atom. The number of rotatable bonds is 8. The highest BCUT2D eigenvalue weighted by molar-refractivity contribution is 7.25. The third-order valence-electron chi connectivity index (χ3n) is 11.6. The average molecular weight is 782 g/mol. The van der Waals surface area contributed by atoms with Gasteiger partial charge in [0.2, 0.25) is 0 Å². The van der Waals surface area contributed by atoms with E-state index in [0.29, 0.717) is 0 Å². The summed E-state index contributed by atoms with van der Waals surface area (Å²) in [5.74, 6) is 0. The second kappa shape index (κ2) is 15.3. The molecular weight excluding hydrogens is 743 g/mol. The Balaban J connectivity index is 1.17. The molecule has 11 rings (SSSR count). The molecule has 0 spiro atoms. The van der Waals surface area contributed by atoms with Gasteiger partial charge < -0.3 is 4.57 Å². The summed E-state index contributed by atoms with van der Waals surface area (Å²) in [7, 11) is 0. The Morgan fingerprint density at radius 1 is 0.333 bits per heavy atom. The van der Waals surface area contributed by atoms with Crippen molar-refractivity contribution in [2.75, 3.05) is 0 Å².